The van der Waals surface area contributed by atoms with Gasteiger partial charge in [-0.1, -0.05) is 6.07 Å². The van der Waals surface area contributed by atoms with E-state index < -0.39 is 17.5 Å². The number of anilines is 2. The van der Waals surface area contributed by atoms with Crippen LogP contribution >= 0.6 is 0 Å². The van der Waals surface area contributed by atoms with Crippen molar-refractivity contribution in [2.75, 3.05) is 10.2 Å². The molecular weight excluding hydrogens is 314 g/mol. The molecule has 1 N–H and O–H groups in total. The van der Waals surface area contributed by atoms with Crippen LogP contribution < -0.4 is 10.2 Å². The number of carbonyl (C=O) groups excluding carboxylic acids is 2. The Balaban J connectivity index is 1.93. The van der Waals surface area contributed by atoms with Crippen LogP contribution in [-0.2, 0) is 4.79 Å². The molecular formula is C18H16F2N2O2. The van der Waals surface area contributed by atoms with Crippen molar-refractivity contribution in [3.8, 4) is 0 Å². The third-order valence-corrected chi connectivity index (χ3v) is 3.80. The molecule has 6 heteroatoms. The monoisotopic (exact) mass is 330 g/mol. The normalized spacial score (nSPS) is 13.5. The van der Waals surface area contributed by atoms with Crippen molar-refractivity contribution >= 4 is 23.2 Å². The minimum atomic E-state index is -0.569. The molecule has 0 radical (unpaired) electrons. The first-order valence-electron chi connectivity index (χ1n) is 7.62. The molecule has 2 amide bonds. The second-order valence-electron chi connectivity index (χ2n) is 5.75. The number of nitrogens with one attached hydrogen (secondary N) is 1. The van der Waals surface area contributed by atoms with E-state index in [0.717, 1.165) is 25.0 Å². The molecule has 0 unspecified atom stereocenters. The Morgan fingerprint density at radius 3 is 2.42 bits per heavy atom. The molecule has 124 valence electrons. The zero-order valence-electron chi connectivity index (χ0n) is 13.1. The summed E-state index contributed by atoms with van der Waals surface area (Å²) in [6.45, 7) is 1.43. The van der Waals surface area contributed by atoms with E-state index in [4.69, 9.17) is 0 Å². The maximum Gasteiger partial charge on any atom is 0.255 e. The van der Waals surface area contributed by atoms with Gasteiger partial charge < -0.3 is 10.2 Å². The van der Waals surface area contributed by atoms with Crippen LogP contribution in [0.25, 0.3) is 0 Å². The van der Waals surface area contributed by atoms with Gasteiger partial charge >= 0.3 is 0 Å². The summed E-state index contributed by atoms with van der Waals surface area (Å²) in [5.41, 5.74) is 0.744. The SMILES string of the molecule is CC(=O)N(c1ccc(F)cc1NC(=O)c1cccc(F)c1)C1CC1. The zero-order chi connectivity index (χ0) is 17.3. The zero-order valence-corrected chi connectivity index (χ0v) is 13.1. The number of carbonyl (C=O) groups is 2. The van der Waals surface area contributed by atoms with Crippen molar-refractivity contribution < 1.29 is 18.4 Å². The number of benzene rings is 2. The Morgan fingerprint density at radius 1 is 1.08 bits per heavy atom. The number of amides is 2. The number of nitrogens with zero attached hydrogens (tertiary/aromatic N) is 1. The lowest BCUT2D eigenvalue weighted by Crippen LogP contribution is -2.31. The van der Waals surface area contributed by atoms with Crippen molar-refractivity contribution in [1.29, 1.82) is 0 Å². The van der Waals surface area contributed by atoms with Crippen molar-refractivity contribution in [2.24, 2.45) is 0 Å². The van der Waals surface area contributed by atoms with Crippen LogP contribution in [0, 0.1) is 11.6 Å². The Hall–Kier alpha value is -2.76. The standard InChI is InChI=1S/C18H16F2N2O2/c1-11(23)22(15-6-7-15)17-8-5-14(20)10-16(17)21-18(24)12-3-2-4-13(19)9-12/h2-5,8-10,15H,6-7H2,1H3,(H,21,24). The van der Waals surface area contributed by atoms with Crippen LogP contribution in [0.15, 0.2) is 42.5 Å². The molecule has 1 aliphatic carbocycles. The van der Waals surface area contributed by atoms with E-state index in [9.17, 15) is 18.4 Å². The highest BCUT2D eigenvalue weighted by Gasteiger charge is 2.33. The van der Waals surface area contributed by atoms with E-state index >= 15 is 0 Å². The Labute approximate surface area is 138 Å². The highest BCUT2D eigenvalue weighted by Crippen LogP contribution is 2.36. The topological polar surface area (TPSA) is 49.4 Å². The van der Waals surface area contributed by atoms with E-state index in [1.165, 1.54) is 37.3 Å². The summed E-state index contributed by atoms with van der Waals surface area (Å²) in [6, 6.07) is 9.14. The molecule has 0 heterocycles. The molecule has 4 nitrogen and oxygen atoms in total. The average molecular weight is 330 g/mol. The quantitative estimate of drug-likeness (QED) is 0.928. The van der Waals surface area contributed by atoms with Gasteiger partial charge in [-0.05, 0) is 49.2 Å². The summed E-state index contributed by atoms with van der Waals surface area (Å²) in [5.74, 6) is -1.82. The molecule has 0 bridgehead atoms. The average Bonchev–Trinajstić information content (AvgIpc) is 3.34. The van der Waals surface area contributed by atoms with E-state index in [2.05, 4.69) is 5.32 Å². The van der Waals surface area contributed by atoms with E-state index in [1.54, 1.807) is 4.90 Å². The molecule has 24 heavy (non-hydrogen) atoms. The van der Waals surface area contributed by atoms with Gasteiger partial charge in [0.15, 0.2) is 0 Å². The van der Waals surface area contributed by atoms with Gasteiger partial charge in [0.05, 0.1) is 11.4 Å². The van der Waals surface area contributed by atoms with Gasteiger partial charge in [-0.25, -0.2) is 8.78 Å². The van der Waals surface area contributed by atoms with Crippen LogP contribution in [0.3, 0.4) is 0 Å². The Bertz CT molecular complexity index is 803. The molecule has 3 rings (SSSR count). The summed E-state index contributed by atoms with van der Waals surface area (Å²) in [7, 11) is 0. The largest absolute Gasteiger partial charge is 0.320 e. The van der Waals surface area contributed by atoms with Crippen molar-refractivity contribution in [1.82, 2.24) is 0 Å². The lowest BCUT2D eigenvalue weighted by molar-refractivity contribution is -0.116. The van der Waals surface area contributed by atoms with Crippen LogP contribution in [0.1, 0.15) is 30.1 Å². The highest BCUT2D eigenvalue weighted by atomic mass is 19.1. The Kier molecular flexibility index (Phi) is 4.29. The first kappa shape index (κ1) is 16.1. The third-order valence-electron chi connectivity index (χ3n) is 3.80. The molecule has 1 saturated carbocycles. The lowest BCUT2D eigenvalue weighted by Gasteiger charge is -2.24. The van der Waals surface area contributed by atoms with E-state index in [-0.39, 0.29) is 23.2 Å². The predicted molar refractivity (Wildman–Crippen MR) is 86.9 cm³/mol. The number of halogens is 2. The van der Waals surface area contributed by atoms with Crippen molar-refractivity contribution in [3.05, 3.63) is 59.7 Å². The van der Waals surface area contributed by atoms with Crippen LogP contribution in [-0.4, -0.2) is 17.9 Å². The molecule has 0 aliphatic heterocycles. The maximum absolute atomic E-state index is 13.6. The van der Waals surface area contributed by atoms with Gasteiger partial charge in [0, 0.05) is 18.5 Å². The predicted octanol–water partition coefficient (Wildman–Crippen LogP) is 3.73. The second-order valence-corrected chi connectivity index (χ2v) is 5.75. The fourth-order valence-electron chi connectivity index (χ4n) is 2.60. The molecule has 2 aromatic rings. The Morgan fingerprint density at radius 2 is 1.79 bits per heavy atom. The smallest absolute Gasteiger partial charge is 0.255 e. The molecule has 1 aliphatic rings. The van der Waals surface area contributed by atoms with E-state index in [1.807, 2.05) is 0 Å². The lowest BCUT2D eigenvalue weighted by atomic mass is 10.1. The fourth-order valence-corrected chi connectivity index (χ4v) is 2.60. The van der Waals surface area contributed by atoms with Crippen molar-refractivity contribution in [3.63, 3.8) is 0 Å². The summed E-state index contributed by atoms with van der Waals surface area (Å²) < 4.78 is 26.9. The third kappa shape index (κ3) is 3.42. The molecule has 2 aromatic carbocycles. The van der Waals surface area contributed by atoms with Gasteiger partial charge in [-0.3, -0.25) is 9.59 Å². The summed E-state index contributed by atoms with van der Waals surface area (Å²) in [4.78, 5) is 25.8. The highest BCUT2D eigenvalue weighted by molar-refractivity contribution is 6.07. The molecule has 0 atom stereocenters. The molecule has 1 fully saturated rings. The number of hydrogen-bond donors (Lipinski definition) is 1. The van der Waals surface area contributed by atoms with Crippen molar-refractivity contribution in [2.45, 2.75) is 25.8 Å². The van der Waals surface area contributed by atoms with Gasteiger partial charge in [-0.2, -0.15) is 0 Å². The van der Waals surface area contributed by atoms with Gasteiger partial charge in [0.25, 0.3) is 5.91 Å². The minimum Gasteiger partial charge on any atom is -0.320 e. The summed E-state index contributed by atoms with van der Waals surface area (Å²) >= 11 is 0. The first-order chi connectivity index (χ1) is 11.5. The summed E-state index contributed by atoms with van der Waals surface area (Å²) in [6.07, 6.45) is 1.74. The molecule has 0 aromatic heterocycles. The molecule has 0 spiro atoms. The number of hydrogen-bond acceptors (Lipinski definition) is 2. The first-order valence-corrected chi connectivity index (χ1v) is 7.62. The molecule has 0 saturated heterocycles. The fraction of sp³-hybridized carbons (Fsp3) is 0.222. The summed E-state index contributed by atoms with van der Waals surface area (Å²) in [5, 5.41) is 2.57. The van der Waals surface area contributed by atoms with Crippen LogP contribution in [0.2, 0.25) is 0 Å². The van der Waals surface area contributed by atoms with Gasteiger partial charge in [0.2, 0.25) is 5.91 Å². The van der Waals surface area contributed by atoms with Crippen LogP contribution in [0.4, 0.5) is 20.2 Å². The van der Waals surface area contributed by atoms with E-state index in [0.29, 0.717) is 5.69 Å². The van der Waals surface area contributed by atoms with Gasteiger partial charge in [0.1, 0.15) is 11.6 Å². The second kappa shape index (κ2) is 6.39. The maximum atomic E-state index is 13.6. The van der Waals surface area contributed by atoms with Gasteiger partial charge in [-0.15, -0.1) is 0 Å². The minimum absolute atomic E-state index is 0.0674. The number of rotatable bonds is 4. The van der Waals surface area contributed by atoms with Crippen LogP contribution in [0.5, 0.6) is 0 Å².